The lowest BCUT2D eigenvalue weighted by molar-refractivity contribution is 0.0976. The number of hydrogen-bond donors (Lipinski definition) is 1. The molecular formula is C22H21N3OS. The Bertz CT molecular complexity index is 1030. The van der Waals surface area contributed by atoms with Gasteiger partial charge in [0.25, 0.3) is 0 Å². The SMILES string of the molecule is O=C(CC1CC1)c1cccc(/C=C/c2csc3c(NC4CC4)ncnc23)c1. The van der Waals surface area contributed by atoms with E-state index in [1.54, 1.807) is 17.7 Å². The molecule has 1 aromatic carbocycles. The number of carbonyl (C=O) groups is 1. The zero-order valence-corrected chi connectivity index (χ0v) is 15.8. The van der Waals surface area contributed by atoms with E-state index >= 15 is 0 Å². The number of nitrogens with one attached hydrogen (secondary N) is 1. The summed E-state index contributed by atoms with van der Waals surface area (Å²) in [7, 11) is 0. The van der Waals surface area contributed by atoms with Crippen LogP contribution in [0.25, 0.3) is 22.4 Å². The van der Waals surface area contributed by atoms with Crippen molar-refractivity contribution in [2.45, 2.75) is 38.1 Å². The molecule has 5 heteroatoms. The molecule has 4 nitrogen and oxygen atoms in total. The first-order valence-corrected chi connectivity index (χ1v) is 10.4. The second kappa shape index (κ2) is 6.89. The Labute approximate surface area is 162 Å². The molecule has 3 aromatic rings. The second-order valence-electron chi connectivity index (χ2n) is 7.54. The van der Waals surface area contributed by atoms with Crippen LogP contribution in [-0.4, -0.2) is 21.8 Å². The summed E-state index contributed by atoms with van der Waals surface area (Å²) in [6.07, 6.45) is 11.3. The van der Waals surface area contributed by atoms with E-state index < -0.39 is 0 Å². The van der Waals surface area contributed by atoms with Gasteiger partial charge in [0, 0.05) is 29.0 Å². The molecule has 0 atom stereocenters. The Balaban J connectivity index is 1.38. The van der Waals surface area contributed by atoms with E-state index in [0.717, 1.165) is 32.7 Å². The van der Waals surface area contributed by atoms with Crippen LogP contribution < -0.4 is 5.32 Å². The molecule has 136 valence electrons. The molecule has 2 aromatic heterocycles. The lowest BCUT2D eigenvalue weighted by Gasteiger charge is -2.03. The quantitative estimate of drug-likeness (QED) is 0.560. The largest absolute Gasteiger partial charge is 0.366 e. The Morgan fingerprint density at radius 3 is 2.89 bits per heavy atom. The van der Waals surface area contributed by atoms with Crippen molar-refractivity contribution in [3.63, 3.8) is 0 Å². The smallest absolute Gasteiger partial charge is 0.163 e. The third-order valence-corrected chi connectivity index (χ3v) is 6.13. The van der Waals surface area contributed by atoms with E-state index in [2.05, 4.69) is 32.8 Å². The molecule has 2 fully saturated rings. The summed E-state index contributed by atoms with van der Waals surface area (Å²) in [5.74, 6) is 1.82. The number of nitrogens with zero attached hydrogens (tertiary/aromatic N) is 2. The van der Waals surface area contributed by atoms with Gasteiger partial charge in [0.15, 0.2) is 5.78 Å². The van der Waals surface area contributed by atoms with Crippen molar-refractivity contribution in [2.75, 3.05) is 5.32 Å². The van der Waals surface area contributed by atoms with Gasteiger partial charge >= 0.3 is 0 Å². The summed E-state index contributed by atoms with van der Waals surface area (Å²) in [4.78, 5) is 21.2. The first-order chi connectivity index (χ1) is 13.3. The maximum absolute atomic E-state index is 12.3. The van der Waals surface area contributed by atoms with Crippen LogP contribution in [0, 0.1) is 5.92 Å². The number of anilines is 1. The molecule has 0 spiro atoms. The lowest BCUT2D eigenvalue weighted by Crippen LogP contribution is -2.03. The van der Waals surface area contributed by atoms with Gasteiger partial charge in [-0.2, -0.15) is 0 Å². The van der Waals surface area contributed by atoms with Crippen LogP contribution in [0.4, 0.5) is 5.82 Å². The molecule has 0 bridgehead atoms. The van der Waals surface area contributed by atoms with E-state index in [0.29, 0.717) is 18.4 Å². The summed E-state index contributed by atoms with van der Waals surface area (Å²) >= 11 is 1.67. The first kappa shape index (κ1) is 16.6. The number of Topliss-reactive ketones (excluding diaryl/α,β-unsaturated/α-hetero) is 1. The van der Waals surface area contributed by atoms with E-state index in [1.165, 1.54) is 25.7 Å². The van der Waals surface area contributed by atoms with Gasteiger partial charge in [0.05, 0.1) is 10.2 Å². The molecule has 2 saturated carbocycles. The van der Waals surface area contributed by atoms with Gasteiger partial charge in [-0.25, -0.2) is 9.97 Å². The van der Waals surface area contributed by atoms with Crippen molar-refractivity contribution in [1.82, 2.24) is 9.97 Å². The Hall–Kier alpha value is -2.53. The zero-order valence-electron chi connectivity index (χ0n) is 15.0. The van der Waals surface area contributed by atoms with Gasteiger partial charge in [-0.05, 0) is 43.2 Å². The topological polar surface area (TPSA) is 54.9 Å². The van der Waals surface area contributed by atoms with Crippen molar-refractivity contribution in [2.24, 2.45) is 5.92 Å². The van der Waals surface area contributed by atoms with Crippen LogP contribution in [0.2, 0.25) is 0 Å². The van der Waals surface area contributed by atoms with Gasteiger partial charge < -0.3 is 5.32 Å². The molecule has 0 saturated heterocycles. The van der Waals surface area contributed by atoms with Crippen molar-refractivity contribution < 1.29 is 4.79 Å². The van der Waals surface area contributed by atoms with E-state index in [9.17, 15) is 4.79 Å². The van der Waals surface area contributed by atoms with Gasteiger partial charge in [-0.3, -0.25) is 4.79 Å². The predicted octanol–water partition coefficient (Wildman–Crippen LogP) is 5.42. The molecule has 27 heavy (non-hydrogen) atoms. The second-order valence-corrected chi connectivity index (χ2v) is 8.42. The third kappa shape index (κ3) is 3.78. The number of carbonyl (C=O) groups excluding carboxylic acids is 1. The minimum absolute atomic E-state index is 0.261. The number of hydrogen-bond acceptors (Lipinski definition) is 5. The minimum Gasteiger partial charge on any atom is -0.366 e. The Morgan fingerprint density at radius 1 is 1.19 bits per heavy atom. The van der Waals surface area contributed by atoms with Crippen LogP contribution in [-0.2, 0) is 0 Å². The summed E-state index contributed by atoms with van der Waals surface area (Å²) in [6, 6.07) is 8.48. The standard InChI is InChI=1S/C22H21N3OS/c26-19(11-15-4-5-15)16-3-1-2-14(10-16)6-7-17-12-27-21-20(17)23-13-24-22(21)25-18-8-9-18/h1-3,6-7,10,12-13,15,18H,4-5,8-9,11H2,(H,23,24,25)/b7-6+. The average molecular weight is 375 g/mol. The molecule has 2 aliphatic rings. The molecule has 1 N–H and O–H groups in total. The third-order valence-electron chi connectivity index (χ3n) is 5.13. The van der Waals surface area contributed by atoms with Crippen LogP contribution in [0.3, 0.4) is 0 Å². The molecule has 0 radical (unpaired) electrons. The van der Waals surface area contributed by atoms with Crippen LogP contribution in [0.15, 0.2) is 36.0 Å². The zero-order chi connectivity index (χ0) is 18.2. The highest BCUT2D eigenvalue weighted by molar-refractivity contribution is 7.18. The van der Waals surface area contributed by atoms with Crippen molar-refractivity contribution in [3.8, 4) is 0 Å². The highest BCUT2D eigenvalue weighted by Gasteiger charge is 2.25. The molecular weight excluding hydrogens is 354 g/mol. The maximum Gasteiger partial charge on any atom is 0.163 e. The molecule has 0 amide bonds. The van der Waals surface area contributed by atoms with Gasteiger partial charge in [-0.15, -0.1) is 11.3 Å². The fourth-order valence-corrected chi connectivity index (χ4v) is 4.16. The van der Waals surface area contributed by atoms with E-state index in [1.807, 2.05) is 24.3 Å². The fraction of sp³-hybridized carbons (Fsp3) is 0.318. The highest BCUT2D eigenvalue weighted by atomic mass is 32.1. The van der Waals surface area contributed by atoms with E-state index in [-0.39, 0.29) is 5.78 Å². The average Bonchev–Trinajstić information content (AvgIpc) is 3.61. The Morgan fingerprint density at radius 2 is 2.07 bits per heavy atom. The van der Waals surface area contributed by atoms with Crippen LogP contribution in [0.5, 0.6) is 0 Å². The number of thiophene rings is 1. The monoisotopic (exact) mass is 375 g/mol. The summed E-state index contributed by atoms with van der Waals surface area (Å²) < 4.78 is 1.11. The molecule has 0 unspecified atom stereocenters. The normalized spacial score (nSPS) is 16.9. The lowest BCUT2D eigenvalue weighted by atomic mass is 10.0. The van der Waals surface area contributed by atoms with Gasteiger partial charge in [0.1, 0.15) is 12.1 Å². The number of rotatable bonds is 7. The minimum atomic E-state index is 0.261. The first-order valence-electron chi connectivity index (χ1n) is 9.56. The maximum atomic E-state index is 12.3. The number of aromatic nitrogens is 2. The molecule has 2 heterocycles. The van der Waals surface area contributed by atoms with Crippen LogP contribution in [0.1, 0.15) is 53.6 Å². The Kier molecular flexibility index (Phi) is 4.24. The molecule has 2 aliphatic carbocycles. The highest BCUT2D eigenvalue weighted by Crippen LogP contribution is 2.34. The van der Waals surface area contributed by atoms with E-state index in [4.69, 9.17) is 0 Å². The summed E-state index contributed by atoms with van der Waals surface area (Å²) in [6.45, 7) is 0. The fourth-order valence-electron chi connectivity index (χ4n) is 3.22. The number of benzene rings is 1. The number of fused-ring (bicyclic) bond motifs is 1. The molecule has 5 rings (SSSR count). The molecule has 0 aliphatic heterocycles. The van der Waals surface area contributed by atoms with Crippen molar-refractivity contribution in [1.29, 1.82) is 0 Å². The van der Waals surface area contributed by atoms with Crippen molar-refractivity contribution in [3.05, 3.63) is 52.7 Å². The van der Waals surface area contributed by atoms with Crippen molar-refractivity contribution >= 4 is 45.3 Å². The van der Waals surface area contributed by atoms with Gasteiger partial charge in [0.2, 0.25) is 0 Å². The number of ketones is 1. The van der Waals surface area contributed by atoms with Crippen LogP contribution >= 0.6 is 11.3 Å². The summed E-state index contributed by atoms with van der Waals surface area (Å²) in [5.41, 5.74) is 3.93. The summed E-state index contributed by atoms with van der Waals surface area (Å²) in [5, 5.41) is 5.61. The van der Waals surface area contributed by atoms with Gasteiger partial charge in [-0.1, -0.05) is 30.4 Å². The predicted molar refractivity (Wildman–Crippen MR) is 111 cm³/mol.